The number of benzene rings is 2. The number of thiazole rings is 1. The topological polar surface area (TPSA) is 59.2 Å². The van der Waals surface area contributed by atoms with Crippen molar-refractivity contribution in [1.29, 1.82) is 0 Å². The van der Waals surface area contributed by atoms with Crippen molar-refractivity contribution in [3.63, 3.8) is 0 Å². The lowest BCUT2D eigenvalue weighted by molar-refractivity contribution is 0.0718. The molecule has 1 aliphatic rings. The second-order valence-electron chi connectivity index (χ2n) is 8.04. The zero-order valence-electron chi connectivity index (χ0n) is 17.9. The molecule has 2 aromatic heterocycles. The number of hydrogen-bond acceptors (Lipinski definition) is 5. The highest BCUT2D eigenvalue weighted by Gasteiger charge is 2.35. The second-order valence-corrected chi connectivity index (χ2v) is 9.04. The van der Waals surface area contributed by atoms with Gasteiger partial charge in [0.15, 0.2) is 0 Å². The first-order valence-electron chi connectivity index (χ1n) is 10.7. The van der Waals surface area contributed by atoms with Crippen LogP contribution in [0.5, 0.6) is 0 Å². The third-order valence-corrected chi connectivity index (χ3v) is 6.94. The van der Waals surface area contributed by atoms with Crippen LogP contribution in [0, 0.1) is 18.6 Å². The maximum atomic E-state index is 14.2. The summed E-state index contributed by atoms with van der Waals surface area (Å²) in [5.74, 6) is 0.362. The van der Waals surface area contributed by atoms with Gasteiger partial charge in [-0.25, -0.2) is 18.7 Å². The van der Waals surface area contributed by atoms with E-state index < -0.39 is 0 Å². The molecule has 2 aromatic carbocycles. The Kier molecular flexibility index (Phi) is 5.76. The third-order valence-electron chi connectivity index (χ3n) is 5.76. The van der Waals surface area contributed by atoms with Gasteiger partial charge in [-0.05, 0) is 49.6 Å². The third kappa shape index (κ3) is 4.30. The van der Waals surface area contributed by atoms with Gasteiger partial charge in [0.25, 0.3) is 5.91 Å². The highest BCUT2D eigenvalue weighted by molar-refractivity contribution is 7.17. The van der Waals surface area contributed by atoms with Crippen molar-refractivity contribution in [2.45, 2.75) is 32.2 Å². The van der Waals surface area contributed by atoms with Gasteiger partial charge in [0, 0.05) is 18.5 Å². The lowest BCUT2D eigenvalue weighted by Gasteiger charge is -2.21. The predicted octanol–water partition coefficient (Wildman–Crippen LogP) is 5.95. The zero-order valence-corrected chi connectivity index (χ0v) is 18.7. The molecule has 5 rings (SSSR count). The lowest BCUT2D eigenvalue weighted by atomic mass is 10.1. The Balaban J connectivity index is 1.36. The first-order chi connectivity index (χ1) is 16.0. The maximum absolute atomic E-state index is 14.2. The molecule has 0 spiro atoms. The van der Waals surface area contributed by atoms with Crippen LogP contribution in [0.15, 0.2) is 59.1 Å². The summed E-state index contributed by atoms with van der Waals surface area (Å²) >= 11 is 1.20. The molecule has 1 fully saturated rings. The summed E-state index contributed by atoms with van der Waals surface area (Å²) < 4.78 is 33.3. The summed E-state index contributed by atoms with van der Waals surface area (Å²) in [6, 6.07) is 12.4. The van der Waals surface area contributed by atoms with E-state index in [0.29, 0.717) is 45.8 Å². The van der Waals surface area contributed by atoms with Crippen LogP contribution in [-0.2, 0) is 6.42 Å². The molecule has 0 aliphatic carbocycles. The van der Waals surface area contributed by atoms with E-state index in [1.54, 1.807) is 48.4 Å². The summed E-state index contributed by atoms with van der Waals surface area (Å²) in [5, 5.41) is 0.488. The number of carbonyl (C=O) groups excluding carboxylic acids is 1. The Morgan fingerprint density at radius 1 is 1.18 bits per heavy atom. The minimum absolute atomic E-state index is 0.145. The predicted molar refractivity (Wildman–Crippen MR) is 121 cm³/mol. The van der Waals surface area contributed by atoms with Crippen LogP contribution < -0.4 is 0 Å². The van der Waals surface area contributed by atoms with Crippen LogP contribution in [0.4, 0.5) is 8.78 Å². The molecule has 5 nitrogen and oxygen atoms in total. The van der Waals surface area contributed by atoms with Crippen LogP contribution in [0.2, 0.25) is 0 Å². The molecule has 0 radical (unpaired) electrons. The van der Waals surface area contributed by atoms with Gasteiger partial charge in [0.1, 0.15) is 33.3 Å². The molecule has 1 atom stereocenters. The molecule has 168 valence electrons. The van der Waals surface area contributed by atoms with Crippen LogP contribution in [-0.4, -0.2) is 27.3 Å². The van der Waals surface area contributed by atoms with E-state index in [2.05, 4.69) is 9.97 Å². The standard InChI is InChI=1S/C25H21F2N3O2S/c1-15-22(33-24(29-15)19-5-2-3-6-20(19)27)25(31)30-12-4-7-21(30)23-28-14-18(32-23)13-16-8-10-17(26)11-9-16/h2-3,5-6,8-11,14,21H,4,7,12-13H2,1H3. The number of hydrogen-bond donors (Lipinski definition) is 0. The number of carbonyl (C=O) groups is 1. The van der Waals surface area contributed by atoms with Crippen molar-refractivity contribution in [2.75, 3.05) is 6.54 Å². The molecule has 1 aliphatic heterocycles. The summed E-state index contributed by atoms with van der Waals surface area (Å²) in [7, 11) is 0. The molecule has 33 heavy (non-hydrogen) atoms. The molecule has 8 heteroatoms. The average Bonchev–Trinajstić information content (AvgIpc) is 3.55. The highest BCUT2D eigenvalue weighted by Crippen LogP contribution is 2.36. The van der Waals surface area contributed by atoms with Gasteiger partial charge < -0.3 is 9.32 Å². The van der Waals surface area contributed by atoms with E-state index in [1.165, 1.54) is 29.5 Å². The number of oxazole rings is 1. The molecule has 1 amide bonds. The first kappa shape index (κ1) is 21.5. The molecule has 0 N–H and O–H groups in total. The number of nitrogens with zero attached hydrogens (tertiary/aromatic N) is 3. The Morgan fingerprint density at radius 3 is 2.76 bits per heavy atom. The van der Waals surface area contributed by atoms with Gasteiger partial charge in [-0.3, -0.25) is 4.79 Å². The Bertz CT molecular complexity index is 1300. The molecule has 4 aromatic rings. The fourth-order valence-electron chi connectivity index (χ4n) is 4.10. The van der Waals surface area contributed by atoms with Gasteiger partial charge in [0.2, 0.25) is 5.89 Å². The highest BCUT2D eigenvalue weighted by atomic mass is 32.1. The molecule has 0 saturated carbocycles. The number of aromatic nitrogens is 2. The summed E-state index contributed by atoms with van der Waals surface area (Å²) in [6.07, 6.45) is 3.74. The zero-order chi connectivity index (χ0) is 22.9. The SMILES string of the molecule is Cc1nc(-c2ccccc2F)sc1C(=O)N1CCCC1c1ncc(Cc2ccc(F)cc2)o1. The van der Waals surface area contributed by atoms with Crippen LogP contribution >= 0.6 is 11.3 Å². The summed E-state index contributed by atoms with van der Waals surface area (Å²) in [5.41, 5.74) is 1.89. The monoisotopic (exact) mass is 465 g/mol. The minimum atomic E-state index is -0.363. The van der Waals surface area contributed by atoms with Crippen molar-refractivity contribution >= 4 is 17.2 Å². The summed E-state index contributed by atoms with van der Waals surface area (Å²) in [4.78, 5) is 24.6. The quantitative estimate of drug-likeness (QED) is 0.365. The Labute approximate surface area is 193 Å². The molecular formula is C25H21F2N3O2S. The molecule has 1 saturated heterocycles. The maximum Gasteiger partial charge on any atom is 0.266 e. The molecular weight excluding hydrogens is 444 g/mol. The van der Waals surface area contributed by atoms with Crippen molar-refractivity contribution < 1.29 is 18.0 Å². The van der Waals surface area contributed by atoms with E-state index in [4.69, 9.17) is 4.42 Å². The van der Waals surface area contributed by atoms with E-state index in [-0.39, 0.29) is 23.6 Å². The largest absolute Gasteiger partial charge is 0.443 e. The van der Waals surface area contributed by atoms with Crippen molar-refractivity contribution in [1.82, 2.24) is 14.9 Å². The van der Waals surface area contributed by atoms with Crippen molar-refractivity contribution in [3.05, 3.63) is 94.1 Å². The lowest BCUT2D eigenvalue weighted by Crippen LogP contribution is -2.30. The van der Waals surface area contributed by atoms with Gasteiger partial charge in [-0.2, -0.15) is 0 Å². The normalized spacial score (nSPS) is 15.8. The average molecular weight is 466 g/mol. The van der Waals surface area contributed by atoms with Gasteiger partial charge >= 0.3 is 0 Å². The van der Waals surface area contributed by atoms with E-state index in [9.17, 15) is 13.6 Å². The van der Waals surface area contributed by atoms with Gasteiger partial charge in [0.05, 0.1) is 11.9 Å². The van der Waals surface area contributed by atoms with E-state index in [0.717, 1.165) is 18.4 Å². The number of rotatable bonds is 5. The van der Waals surface area contributed by atoms with Gasteiger partial charge in [-0.1, -0.05) is 24.3 Å². The molecule has 0 bridgehead atoms. The second kappa shape index (κ2) is 8.86. The van der Waals surface area contributed by atoms with Crippen LogP contribution in [0.25, 0.3) is 10.6 Å². The first-order valence-corrected chi connectivity index (χ1v) is 11.5. The van der Waals surface area contributed by atoms with Gasteiger partial charge in [-0.15, -0.1) is 11.3 Å². The number of halogens is 2. The van der Waals surface area contributed by atoms with Crippen molar-refractivity contribution in [2.24, 2.45) is 0 Å². The Morgan fingerprint density at radius 2 is 1.97 bits per heavy atom. The van der Waals surface area contributed by atoms with E-state index in [1.807, 2.05) is 0 Å². The van der Waals surface area contributed by atoms with Crippen LogP contribution in [0.1, 0.15) is 51.5 Å². The smallest absolute Gasteiger partial charge is 0.266 e. The van der Waals surface area contributed by atoms with Crippen LogP contribution in [0.3, 0.4) is 0 Å². The fourth-order valence-corrected chi connectivity index (χ4v) is 5.15. The number of likely N-dealkylation sites (tertiary alicyclic amines) is 1. The summed E-state index contributed by atoms with van der Waals surface area (Å²) in [6.45, 7) is 2.36. The minimum Gasteiger partial charge on any atom is -0.443 e. The number of amides is 1. The Hall–Kier alpha value is -3.39. The fraction of sp³-hybridized carbons (Fsp3) is 0.240. The van der Waals surface area contributed by atoms with E-state index >= 15 is 0 Å². The molecule has 3 heterocycles. The number of aryl methyl sites for hydroxylation is 1. The van der Waals surface area contributed by atoms with Crippen molar-refractivity contribution in [3.8, 4) is 10.6 Å². The molecule has 1 unspecified atom stereocenters.